The standard InChI is InChI=1S/C13H12N6O/c1-2-4-9-8(3-1)5-14-6-10(9)13-16-12(18-20-13)11-7-15-19-17-11/h1-4,7,10,14H,5-6H2,(H,15,17,19). The fraction of sp³-hybridized carbons (Fsp3) is 0.231. The van der Waals surface area contributed by atoms with Gasteiger partial charge in [0.25, 0.3) is 0 Å². The van der Waals surface area contributed by atoms with Crippen LogP contribution in [0.2, 0.25) is 0 Å². The highest BCUT2D eigenvalue weighted by molar-refractivity contribution is 5.46. The third kappa shape index (κ3) is 1.79. The predicted octanol–water partition coefficient (Wildman–Crippen LogP) is 1.09. The second kappa shape index (κ2) is 4.53. The van der Waals surface area contributed by atoms with Gasteiger partial charge in [0.2, 0.25) is 11.7 Å². The summed E-state index contributed by atoms with van der Waals surface area (Å²) in [4.78, 5) is 4.43. The van der Waals surface area contributed by atoms with Crippen molar-refractivity contribution >= 4 is 0 Å². The Morgan fingerprint density at radius 2 is 2.20 bits per heavy atom. The molecule has 0 amide bonds. The number of nitrogens with one attached hydrogen (secondary N) is 2. The van der Waals surface area contributed by atoms with Crippen LogP contribution in [0.5, 0.6) is 0 Å². The van der Waals surface area contributed by atoms with Crippen molar-refractivity contribution < 1.29 is 4.52 Å². The monoisotopic (exact) mass is 268 g/mol. The fourth-order valence-corrected chi connectivity index (χ4v) is 2.51. The molecular weight excluding hydrogens is 256 g/mol. The van der Waals surface area contributed by atoms with Crippen LogP contribution in [0, 0.1) is 0 Å². The highest BCUT2D eigenvalue weighted by Gasteiger charge is 2.26. The SMILES string of the molecule is c1ccc2c(c1)CNCC2c1nc(-c2cn[nH]n2)no1. The topological polar surface area (TPSA) is 92.5 Å². The van der Waals surface area contributed by atoms with E-state index in [9.17, 15) is 0 Å². The van der Waals surface area contributed by atoms with Gasteiger partial charge in [0.1, 0.15) is 0 Å². The van der Waals surface area contributed by atoms with E-state index in [1.165, 1.54) is 11.1 Å². The lowest BCUT2D eigenvalue weighted by atomic mass is 9.91. The van der Waals surface area contributed by atoms with Crippen LogP contribution in [0.15, 0.2) is 35.0 Å². The molecule has 1 unspecified atom stereocenters. The molecule has 1 aliphatic heterocycles. The van der Waals surface area contributed by atoms with Crippen molar-refractivity contribution in [1.29, 1.82) is 0 Å². The zero-order chi connectivity index (χ0) is 13.4. The normalized spacial score (nSPS) is 17.9. The molecule has 3 aromatic rings. The third-order valence-corrected chi connectivity index (χ3v) is 3.48. The first-order valence-electron chi connectivity index (χ1n) is 6.40. The van der Waals surface area contributed by atoms with Gasteiger partial charge in [0, 0.05) is 13.1 Å². The van der Waals surface area contributed by atoms with E-state index in [1.54, 1.807) is 6.20 Å². The smallest absolute Gasteiger partial charge is 0.235 e. The zero-order valence-corrected chi connectivity index (χ0v) is 10.6. The lowest BCUT2D eigenvalue weighted by Gasteiger charge is -2.23. The van der Waals surface area contributed by atoms with Crippen molar-refractivity contribution in [3.63, 3.8) is 0 Å². The van der Waals surface area contributed by atoms with Gasteiger partial charge in [-0.2, -0.15) is 20.4 Å². The van der Waals surface area contributed by atoms with Gasteiger partial charge >= 0.3 is 0 Å². The number of benzene rings is 1. The maximum atomic E-state index is 5.40. The minimum Gasteiger partial charge on any atom is -0.338 e. The molecular formula is C13H12N6O. The number of hydrogen-bond donors (Lipinski definition) is 2. The van der Waals surface area contributed by atoms with Gasteiger partial charge in [-0.3, -0.25) is 0 Å². The molecule has 3 heterocycles. The molecule has 7 nitrogen and oxygen atoms in total. The summed E-state index contributed by atoms with van der Waals surface area (Å²) in [5.74, 6) is 1.13. The largest absolute Gasteiger partial charge is 0.338 e. The number of hydrogen-bond acceptors (Lipinski definition) is 6. The summed E-state index contributed by atoms with van der Waals surface area (Å²) in [5, 5.41) is 17.6. The first kappa shape index (κ1) is 11.3. The first-order valence-corrected chi connectivity index (χ1v) is 6.40. The molecule has 0 bridgehead atoms. The second-order valence-electron chi connectivity index (χ2n) is 4.69. The quantitative estimate of drug-likeness (QED) is 0.722. The van der Waals surface area contributed by atoms with Crippen molar-refractivity contribution in [1.82, 2.24) is 30.9 Å². The van der Waals surface area contributed by atoms with Gasteiger partial charge in [-0.05, 0) is 11.1 Å². The Balaban J connectivity index is 1.72. The van der Waals surface area contributed by atoms with Crippen molar-refractivity contribution in [2.45, 2.75) is 12.5 Å². The number of rotatable bonds is 2. The molecule has 2 N–H and O–H groups in total. The van der Waals surface area contributed by atoms with Crippen molar-refractivity contribution in [3.8, 4) is 11.5 Å². The molecule has 1 aliphatic rings. The Morgan fingerprint density at radius 1 is 1.25 bits per heavy atom. The molecule has 20 heavy (non-hydrogen) atoms. The molecule has 1 atom stereocenters. The first-order chi connectivity index (χ1) is 9.92. The van der Waals surface area contributed by atoms with E-state index >= 15 is 0 Å². The van der Waals surface area contributed by atoms with Crippen molar-refractivity contribution in [2.75, 3.05) is 6.54 Å². The van der Waals surface area contributed by atoms with Gasteiger partial charge in [0.15, 0.2) is 5.69 Å². The lowest BCUT2D eigenvalue weighted by Crippen LogP contribution is -2.28. The van der Waals surface area contributed by atoms with E-state index in [0.29, 0.717) is 17.4 Å². The molecule has 0 fully saturated rings. The number of aromatic amines is 1. The number of fused-ring (bicyclic) bond motifs is 1. The van der Waals surface area contributed by atoms with E-state index in [2.05, 4.69) is 43.0 Å². The zero-order valence-electron chi connectivity index (χ0n) is 10.6. The Labute approximate surface area is 114 Å². The molecule has 0 saturated heterocycles. The molecule has 7 heteroatoms. The summed E-state index contributed by atoms with van der Waals surface area (Å²) in [7, 11) is 0. The molecule has 0 radical (unpaired) electrons. The second-order valence-corrected chi connectivity index (χ2v) is 4.69. The minimum absolute atomic E-state index is 0.0769. The Morgan fingerprint density at radius 3 is 3.10 bits per heavy atom. The summed E-state index contributed by atoms with van der Waals surface area (Å²) in [6.07, 6.45) is 1.57. The summed E-state index contributed by atoms with van der Waals surface area (Å²) in [5.41, 5.74) is 3.09. The summed E-state index contributed by atoms with van der Waals surface area (Å²) >= 11 is 0. The van der Waals surface area contributed by atoms with Crippen LogP contribution in [-0.2, 0) is 6.54 Å². The van der Waals surface area contributed by atoms with E-state index in [-0.39, 0.29) is 5.92 Å². The minimum atomic E-state index is 0.0769. The third-order valence-electron chi connectivity index (χ3n) is 3.48. The van der Waals surface area contributed by atoms with E-state index in [1.807, 2.05) is 12.1 Å². The van der Waals surface area contributed by atoms with Crippen LogP contribution in [0.4, 0.5) is 0 Å². The van der Waals surface area contributed by atoms with Crippen LogP contribution in [0.25, 0.3) is 11.5 Å². The van der Waals surface area contributed by atoms with Gasteiger partial charge in [-0.25, -0.2) is 0 Å². The van der Waals surface area contributed by atoms with Gasteiger partial charge in [-0.1, -0.05) is 29.4 Å². The maximum Gasteiger partial charge on any atom is 0.235 e. The highest BCUT2D eigenvalue weighted by Crippen LogP contribution is 2.29. The van der Waals surface area contributed by atoms with Crippen molar-refractivity contribution in [2.24, 2.45) is 0 Å². The molecule has 0 spiro atoms. The van der Waals surface area contributed by atoms with Crippen LogP contribution >= 0.6 is 0 Å². The van der Waals surface area contributed by atoms with Gasteiger partial charge < -0.3 is 9.84 Å². The average molecular weight is 268 g/mol. The molecule has 1 aromatic carbocycles. The van der Waals surface area contributed by atoms with E-state index < -0.39 is 0 Å². The summed E-state index contributed by atoms with van der Waals surface area (Å²) < 4.78 is 5.40. The van der Waals surface area contributed by atoms with Crippen molar-refractivity contribution in [3.05, 3.63) is 47.5 Å². The Bertz CT molecular complexity index is 720. The van der Waals surface area contributed by atoms with Crippen LogP contribution in [-0.4, -0.2) is 32.1 Å². The molecule has 0 saturated carbocycles. The maximum absolute atomic E-state index is 5.40. The molecule has 2 aromatic heterocycles. The predicted molar refractivity (Wildman–Crippen MR) is 69.7 cm³/mol. The van der Waals surface area contributed by atoms with E-state index in [0.717, 1.165) is 13.1 Å². The average Bonchev–Trinajstić information content (AvgIpc) is 3.17. The lowest BCUT2D eigenvalue weighted by molar-refractivity contribution is 0.356. The number of aromatic nitrogens is 5. The molecule has 0 aliphatic carbocycles. The van der Waals surface area contributed by atoms with Crippen LogP contribution < -0.4 is 5.32 Å². The Kier molecular flexibility index (Phi) is 2.56. The van der Waals surface area contributed by atoms with Crippen LogP contribution in [0.1, 0.15) is 22.9 Å². The summed E-state index contributed by atoms with van der Waals surface area (Å²) in [6.45, 7) is 1.66. The van der Waals surface area contributed by atoms with Gasteiger partial charge in [0.05, 0.1) is 12.1 Å². The number of nitrogens with zero attached hydrogens (tertiary/aromatic N) is 4. The van der Waals surface area contributed by atoms with Gasteiger partial charge in [-0.15, -0.1) is 0 Å². The highest BCUT2D eigenvalue weighted by atomic mass is 16.5. The van der Waals surface area contributed by atoms with E-state index in [4.69, 9.17) is 4.52 Å². The van der Waals surface area contributed by atoms with Crippen LogP contribution in [0.3, 0.4) is 0 Å². The molecule has 4 rings (SSSR count). The number of H-pyrrole nitrogens is 1. The summed E-state index contributed by atoms with van der Waals surface area (Å²) in [6, 6.07) is 8.30. The fourth-order valence-electron chi connectivity index (χ4n) is 2.51. The Hall–Kier alpha value is -2.54. The molecule has 100 valence electrons.